The lowest BCUT2D eigenvalue weighted by Crippen LogP contribution is -2.33. The summed E-state index contributed by atoms with van der Waals surface area (Å²) in [5.74, 6) is 0.799. The molecule has 4 aromatic rings. The van der Waals surface area contributed by atoms with E-state index in [1.54, 1.807) is 12.3 Å². The fourth-order valence-corrected chi connectivity index (χ4v) is 4.69. The Labute approximate surface area is 213 Å². The first-order valence-corrected chi connectivity index (χ1v) is 12.2. The van der Waals surface area contributed by atoms with Crippen molar-refractivity contribution >= 4 is 17.5 Å². The summed E-state index contributed by atoms with van der Waals surface area (Å²) in [6, 6.07) is 8.88. The Bertz CT molecular complexity index is 1420. The maximum absolute atomic E-state index is 13.2. The number of hydrogen-bond donors (Lipinski definition) is 4. The Morgan fingerprint density at radius 1 is 1.24 bits per heavy atom. The van der Waals surface area contributed by atoms with E-state index in [-0.39, 0.29) is 24.3 Å². The first-order chi connectivity index (χ1) is 17.7. The van der Waals surface area contributed by atoms with Crippen LogP contribution >= 0.6 is 0 Å². The number of nitrogens with zero attached hydrogens (tertiary/aromatic N) is 5. The van der Waals surface area contributed by atoms with E-state index in [0.717, 1.165) is 23.0 Å². The van der Waals surface area contributed by atoms with Crippen molar-refractivity contribution in [3.8, 4) is 5.82 Å². The fraction of sp³-hybridized carbons (Fsp3) is 0.346. The Morgan fingerprint density at radius 2 is 2.08 bits per heavy atom. The SMILES string of the molecule is Cc1cc(Nc2cc(C)[nH]n2)nc(C2(O)CCC(C(=O)N[C@@H](C)c3ccc(-n4cc(F)cn4)nc3)C2)c1. The highest BCUT2D eigenvalue weighted by Crippen LogP contribution is 2.42. The first kappa shape index (κ1) is 24.6. The van der Waals surface area contributed by atoms with Gasteiger partial charge in [-0.15, -0.1) is 0 Å². The molecule has 0 aromatic carbocycles. The number of carbonyl (C=O) groups excluding carboxylic acids is 1. The van der Waals surface area contributed by atoms with Crippen LogP contribution in [0.15, 0.2) is 48.9 Å². The molecule has 1 aliphatic carbocycles. The van der Waals surface area contributed by atoms with E-state index in [2.05, 4.69) is 35.9 Å². The van der Waals surface area contributed by atoms with Crippen molar-refractivity contribution in [1.82, 2.24) is 35.3 Å². The number of amides is 1. The van der Waals surface area contributed by atoms with Crippen molar-refractivity contribution in [1.29, 1.82) is 0 Å². The van der Waals surface area contributed by atoms with Crippen LogP contribution in [0.2, 0.25) is 0 Å². The molecular formula is C26H29FN8O2. The van der Waals surface area contributed by atoms with E-state index in [0.29, 0.717) is 36.0 Å². The Balaban J connectivity index is 1.23. The summed E-state index contributed by atoms with van der Waals surface area (Å²) in [5, 5.41) is 28.6. The number of nitrogens with one attached hydrogen (secondary N) is 3. The fourth-order valence-electron chi connectivity index (χ4n) is 4.69. The monoisotopic (exact) mass is 504 g/mol. The molecule has 0 saturated heterocycles. The molecule has 10 nitrogen and oxygen atoms in total. The number of anilines is 2. The molecule has 11 heteroatoms. The average Bonchev–Trinajstić information content (AvgIpc) is 3.59. The molecule has 0 spiro atoms. The minimum atomic E-state index is -1.20. The Kier molecular flexibility index (Phi) is 6.46. The van der Waals surface area contributed by atoms with Gasteiger partial charge >= 0.3 is 0 Å². The largest absolute Gasteiger partial charge is 0.384 e. The van der Waals surface area contributed by atoms with E-state index in [1.165, 1.54) is 10.9 Å². The molecule has 5 rings (SSSR count). The Morgan fingerprint density at radius 3 is 2.76 bits per heavy atom. The van der Waals surface area contributed by atoms with E-state index in [4.69, 9.17) is 0 Å². The molecule has 2 unspecified atom stereocenters. The van der Waals surface area contributed by atoms with Gasteiger partial charge in [-0.1, -0.05) is 6.07 Å². The van der Waals surface area contributed by atoms with Crippen molar-refractivity contribution in [3.63, 3.8) is 0 Å². The summed E-state index contributed by atoms with van der Waals surface area (Å²) in [6.07, 6.45) is 5.27. The molecule has 192 valence electrons. The smallest absolute Gasteiger partial charge is 0.223 e. The molecule has 0 aliphatic heterocycles. The highest BCUT2D eigenvalue weighted by atomic mass is 19.1. The zero-order valence-electron chi connectivity index (χ0n) is 20.9. The maximum atomic E-state index is 13.2. The zero-order valence-corrected chi connectivity index (χ0v) is 20.9. The van der Waals surface area contributed by atoms with E-state index in [9.17, 15) is 14.3 Å². The van der Waals surface area contributed by atoms with E-state index < -0.39 is 11.4 Å². The van der Waals surface area contributed by atoms with Crippen molar-refractivity contribution in [2.45, 2.75) is 51.7 Å². The van der Waals surface area contributed by atoms with E-state index in [1.807, 2.05) is 45.0 Å². The van der Waals surface area contributed by atoms with Gasteiger partial charge in [-0.25, -0.2) is 19.0 Å². The first-order valence-electron chi connectivity index (χ1n) is 12.2. The van der Waals surface area contributed by atoms with Crippen LogP contribution in [0.25, 0.3) is 5.82 Å². The summed E-state index contributed by atoms with van der Waals surface area (Å²) in [6.45, 7) is 5.73. The summed E-state index contributed by atoms with van der Waals surface area (Å²) in [4.78, 5) is 22.0. The minimum absolute atomic E-state index is 0.125. The van der Waals surface area contributed by atoms with Crippen molar-refractivity contribution in [3.05, 3.63) is 77.3 Å². The molecule has 1 fully saturated rings. The number of H-pyrrole nitrogens is 1. The molecule has 1 saturated carbocycles. The molecule has 4 heterocycles. The van der Waals surface area contributed by atoms with Crippen LogP contribution in [0.4, 0.5) is 16.0 Å². The number of pyridine rings is 2. The number of aryl methyl sites for hydroxylation is 2. The van der Waals surface area contributed by atoms with Crippen LogP contribution in [-0.2, 0) is 10.4 Å². The van der Waals surface area contributed by atoms with Crippen LogP contribution in [0.1, 0.15) is 54.7 Å². The Hall–Kier alpha value is -4.12. The van der Waals surface area contributed by atoms with Gasteiger partial charge in [0.05, 0.1) is 24.1 Å². The van der Waals surface area contributed by atoms with Gasteiger partial charge in [0.15, 0.2) is 17.5 Å². The second-order valence-corrected chi connectivity index (χ2v) is 9.73. The summed E-state index contributed by atoms with van der Waals surface area (Å²) in [7, 11) is 0. The molecule has 1 aliphatic rings. The van der Waals surface area contributed by atoms with Crippen LogP contribution in [-0.4, -0.2) is 41.0 Å². The summed E-state index contributed by atoms with van der Waals surface area (Å²) >= 11 is 0. The summed E-state index contributed by atoms with van der Waals surface area (Å²) < 4.78 is 14.6. The van der Waals surface area contributed by atoms with E-state index >= 15 is 0 Å². The minimum Gasteiger partial charge on any atom is -0.384 e. The molecular weight excluding hydrogens is 475 g/mol. The van der Waals surface area contributed by atoms with Gasteiger partial charge in [-0.2, -0.15) is 10.2 Å². The molecule has 4 N–H and O–H groups in total. The van der Waals surface area contributed by atoms with Gasteiger partial charge in [0.25, 0.3) is 0 Å². The van der Waals surface area contributed by atoms with Crippen molar-refractivity contribution < 1.29 is 14.3 Å². The van der Waals surface area contributed by atoms with Gasteiger partial charge in [0.2, 0.25) is 5.91 Å². The molecule has 1 amide bonds. The average molecular weight is 505 g/mol. The third kappa shape index (κ3) is 5.36. The number of rotatable bonds is 7. The summed E-state index contributed by atoms with van der Waals surface area (Å²) in [5.41, 5.74) is 2.02. The molecule has 3 atom stereocenters. The highest BCUT2D eigenvalue weighted by molar-refractivity contribution is 5.79. The lowest BCUT2D eigenvalue weighted by Gasteiger charge is -2.24. The molecule has 4 aromatic heterocycles. The van der Waals surface area contributed by atoms with Crippen molar-refractivity contribution in [2.75, 3.05) is 5.32 Å². The highest BCUT2D eigenvalue weighted by Gasteiger charge is 2.43. The third-order valence-corrected chi connectivity index (χ3v) is 6.69. The second-order valence-electron chi connectivity index (χ2n) is 9.73. The van der Waals surface area contributed by atoms with Gasteiger partial charge in [0, 0.05) is 23.9 Å². The standard InChI is InChI=1S/C26H29FN8O2/c1-15-8-21(31-22(9-15)32-23-10-16(2)33-34-23)26(37)7-6-18(11-26)25(36)30-17(3)19-4-5-24(28-12-19)35-14-20(27)13-29-35/h4-5,8-10,12-14,17-18,37H,6-7,11H2,1-3H3,(H,30,36)(H2,31,32,33,34)/t17-,18?,26?/m0/s1. The maximum Gasteiger partial charge on any atom is 0.223 e. The lowest BCUT2D eigenvalue weighted by atomic mass is 9.94. The number of aromatic nitrogens is 6. The normalized spacial score (nSPS) is 20.1. The number of aromatic amines is 1. The van der Waals surface area contributed by atoms with Crippen molar-refractivity contribution in [2.24, 2.45) is 5.92 Å². The van der Waals surface area contributed by atoms with Crippen LogP contribution < -0.4 is 10.6 Å². The van der Waals surface area contributed by atoms with Gasteiger partial charge in [0.1, 0.15) is 11.4 Å². The predicted molar refractivity (Wildman–Crippen MR) is 135 cm³/mol. The molecule has 0 radical (unpaired) electrons. The topological polar surface area (TPSA) is 134 Å². The van der Waals surface area contributed by atoms with Gasteiger partial charge < -0.3 is 15.7 Å². The molecule has 0 bridgehead atoms. The zero-order chi connectivity index (χ0) is 26.2. The van der Waals surface area contributed by atoms with Crippen LogP contribution in [0.5, 0.6) is 0 Å². The number of aliphatic hydroxyl groups is 1. The predicted octanol–water partition coefficient (Wildman–Crippen LogP) is 3.75. The lowest BCUT2D eigenvalue weighted by molar-refractivity contribution is -0.126. The number of carbonyl (C=O) groups is 1. The van der Waals surface area contributed by atoms with Gasteiger partial charge in [-0.05, 0) is 69.4 Å². The number of halogens is 1. The van der Waals surface area contributed by atoms with Crippen LogP contribution in [0, 0.1) is 25.6 Å². The quantitative estimate of drug-likeness (QED) is 0.301. The third-order valence-electron chi connectivity index (χ3n) is 6.69. The molecule has 37 heavy (non-hydrogen) atoms. The number of hydrogen-bond acceptors (Lipinski definition) is 7. The van der Waals surface area contributed by atoms with Gasteiger partial charge in [-0.3, -0.25) is 9.89 Å². The second kappa shape index (κ2) is 9.74. The van der Waals surface area contributed by atoms with Crippen LogP contribution in [0.3, 0.4) is 0 Å².